The van der Waals surface area contributed by atoms with Crippen LogP contribution in [0.2, 0.25) is 0 Å². The van der Waals surface area contributed by atoms with Gasteiger partial charge in [0, 0.05) is 5.69 Å². The lowest BCUT2D eigenvalue weighted by Crippen LogP contribution is -2.11. The first-order valence-electron chi connectivity index (χ1n) is 4.60. The summed E-state index contributed by atoms with van der Waals surface area (Å²) in [5.41, 5.74) is 7.18. The zero-order chi connectivity index (χ0) is 10.6. The Morgan fingerprint density at radius 2 is 2.21 bits per heavy atom. The second kappa shape index (κ2) is 4.65. The maximum Gasteiger partial charge on any atom is 0.308 e. The van der Waals surface area contributed by atoms with E-state index in [0.717, 1.165) is 5.56 Å². The third kappa shape index (κ3) is 3.09. The molecular weight excluding hydrogens is 178 g/mol. The molecule has 76 valence electrons. The summed E-state index contributed by atoms with van der Waals surface area (Å²) in [6.07, 6.45) is 0. The fraction of sp³-hybridized carbons (Fsp3) is 0.364. The van der Waals surface area contributed by atoms with Crippen molar-refractivity contribution in [2.75, 3.05) is 5.73 Å². The van der Waals surface area contributed by atoms with Crippen LogP contribution in [-0.4, -0.2) is 5.97 Å². The standard InChI is InChI=1S/C11H15NO2/c1-8(2)11(13)14-7-9-4-3-5-10(12)6-9/h3-6,8H,7,12H2,1-2H3. The highest BCUT2D eigenvalue weighted by molar-refractivity contribution is 5.71. The molecule has 0 heterocycles. The average molecular weight is 193 g/mol. The van der Waals surface area contributed by atoms with E-state index in [1.54, 1.807) is 12.1 Å². The lowest BCUT2D eigenvalue weighted by atomic mass is 10.2. The van der Waals surface area contributed by atoms with Gasteiger partial charge in [0.05, 0.1) is 5.92 Å². The summed E-state index contributed by atoms with van der Waals surface area (Å²) in [7, 11) is 0. The average Bonchev–Trinajstić information content (AvgIpc) is 2.14. The summed E-state index contributed by atoms with van der Waals surface area (Å²) in [5.74, 6) is -0.275. The minimum atomic E-state index is -0.188. The van der Waals surface area contributed by atoms with E-state index in [2.05, 4.69) is 0 Å². The summed E-state index contributed by atoms with van der Waals surface area (Å²) in [5, 5.41) is 0. The summed E-state index contributed by atoms with van der Waals surface area (Å²) in [6, 6.07) is 7.32. The van der Waals surface area contributed by atoms with Gasteiger partial charge in [0.15, 0.2) is 0 Å². The Morgan fingerprint density at radius 3 is 2.79 bits per heavy atom. The molecule has 0 saturated carbocycles. The van der Waals surface area contributed by atoms with Gasteiger partial charge >= 0.3 is 5.97 Å². The van der Waals surface area contributed by atoms with Crippen LogP contribution in [0.25, 0.3) is 0 Å². The van der Waals surface area contributed by atoms with Crippen LogP contribution >= 0.6 is 0 Å². The predicted molar refractivity (Wildman–Crippen MR) is 55.5 cm³/mol. The molecule has 0 bridgehead atoms. The van der Waals surface area contributed by atoms with Crippen molar-refractivity contribution < 1.29 is 9.53 Å². The van der Waals surface area contributed by atoms with Crippen molar-refractivity contribution in [2.45, 2.75) is 20.5 Å². The van der Waals surface area contributed by atoms with E-state index < -0.39 is 0 Å². The highest BCUT2D eigenvalue weighted by Crippen LogP contribution is 2.08. The molecule has 1 aromatic rings. The zero-order valence-corrected chi connectivity index (χ0v) is 8.49. The van der Waals surface area contributed by atoms with Gasteiger partial charge in [-0.1, -0.05) is 26.0 Å². The molecule has 0 aliphatic heterocycles. The van der Waals surface area contributed by atoms with Gasteiger partial charge in [-0.3, -0.25) is 4.79 Å². The van der Waals surface area contributed by atoms with Crippen molar-refractivity contribution in [3.8, 4) is 0 Å². The molecule has 0 amide bonds. The monoisotopic (exact) mass is 193 g/mol. The van der Waals surface area contributed by atoms with Gasteiger partial charge < -0.3 is 10.5 Å². The van der Waals surface area contributed by atoms with E-state index >= 15 is 0 Å². The maximum absolute atomic E-state index is 11.1. The molecule has 0 aliphatic rings. The van der Waals surface area contributed by atoms with E-state index in [1.165, 1.54) is 0 Å². The molecular formula is C11H15NO2. The molecule has 14 heavy (non-hydrogen) atoms. The van der Waals surface area contributed by atoms with Crippen molar-refractivity contribution in [3.63, 3.8) is 0 Å². The van der Waals surface area contributed by atoms with E-state index in [0.29, 0.717) is 12.3 Å². The highest BCUT2D eigenvalue weighted by Gasteiger charge is 2.07. The predicted octanol–water partition coefficient (Wildman–Crippen LogP) is 1.97. The largest absolute Gasteiger partial charge is 0.461 e. The number of rotatable bonds is 3. The van der Waals surface area contributed by atoms with Gasteiger partial charge in [-0.15, -0.1) is 0 Å². The number of benzene rings is 1. The second-order valence-corrected chi connectivity index (χ2v) is 3.51. The minimum absolute atomic E-state index is 0.0870. The number of ether oxygens (including phenoxy) is 1. The van der Waals surface area contributed by atoms with Crippen LogP contribution in [-0.2, 0) is 16.1 Å². The fourth-order valence-corrected chi connectivity index (χ4v) is 1.00. The van der Waals surface area contributed by atoms with Gasteiger partial charge in [0.2, 0.25) is 0 Å². The highest BCUT2D eigenvalue weighted by atomic mass is 16.5. The number of hydrogen-bond acceptors (Lipinski definition) is 3. The molecule has 3 heteroatoms. The molecule has 0 unspecified atom stereocenters. The number of nitrogens with two attached hydrogens (primary N) is 1. The number of nitrogen functional groups attached to an aromatic ring is 1. The van der Waals surface area contributed by atoms with Gasteiger partial charge in [0.1, 0.15) is 6.61 Å². The van der Waals surface area contributed by atoms with Gasteiger partial charge in [-0.2, -0.15) is 0 Å². The third-order valence-electron chi connectivity index (χ3n) is 1.80. The summed E-state index contributed by atoms with van der Waals surface area (Å²) in [6.45, 7) is 3.91. The van der Waals surface area contributed by atoms with E-state index in [-0.39, 0.29) is 11.9 Å². The molecule has 3 nitrogen and oxygen atoms in total. The quantitative estimate of drug-likeness (QED) is 0.589. The zero-order valence-electron chi connectivity index (χ0n) is 8.49. The molecule has 0 aliphatic carbocycles. The Morgan fingerprint density at radius 1 is 1.50 bits per heavy atom. The number of esters is 1. The number of anilines is 1. The van der Waals surface area contributed by atoms with Crippen LogP contribution in [0.3, 0.4) is 0 Å². The van der Waals surface area contributed by atoms with E-state index in [4.69, 9.17) is 10.5 Å². The summed E-state index contributed by atoms with van der Waals surface area (Å²) in [4.78, 5) is 11.1. The topological polar surface area (TPSA) is 52.3 Å². The van der Waals surface area contributed by atoms with Crippen LogP contribution in [0.15, 0.2) is 24.3 Å². The van der Waals surface area contributed by atoms with Crippen LogP contribution in [0.1, 0.15) is 19.4 Å². The van der Waals surface area contributed by atoms with Crippen molar-refractivity contribution in [1.29, 1.82) is 0 Å². The maximum atomic E-state index is 11.1. The Labute approximate surface area is 83.9 Å². The first-order valence-corrected chi connectivity index (χ1v) is 4.60. The molecule has 1 aromatic carbocycles. The molecule has 0 radical (unpaired) electrons. The van der Waals surface area contributed by atoms with Gasteiger partial charge in [-0.25, -0.2) is 0 Å². The van der Waals surface area contributed by atoms with Gasteiger partial charge in [0.25, 0.3) is 0 Å². The van der Waals surface area contributed by atoms with E-state index in [9.17, 15) is 4.79 Å². The van der Waals surface area contributed by atoms with E-state index in [1.807, 2.05) is 26.0 Å². The molecule has 0 fully saturated rings. The Kier molecular flexibility index (Phi) is 3.51. The molecule has 2 N–H and O–H groups in total. The van der Waals surface area contributed by atoms with Crippen molar-refractivity contribution in [1.82, 2.24) is 0 Å². The van der Waals surface area contributed by atoms with Crippen LogP contribution in [0.5, 0.6) is 0 Å². The van der Waals surface area contributed by atoms with Crippen molar-refractivity contribution in [3.05, 3.63) is 29.8 Å². The Hall–Kier alpha value is -1.51. The third-order valence-corrected chi connectivity index (χ3v) is 1.80. The minimum Gasteiger partial charge on any atom is -0.461 e. The van der Waals surface area contributed by atoms with Crippen LogP contribution in [0.4, 0.5) is 5.69 Å². The lowest BCUT2D eigenvalue weighted by molar-refractivity contribution is -0.148. The SMILES string of the molecule is CC(C)C(=O)OCc1cccc(N)c1. The number of carbonyl (C=O) groups is 1. The molecule has 0 saturated heterocycles. The van der Waals surface area contributed by atoms with Crippen LogP contribution < -0.4 is 5.73 Å². The fourth-order valence-electron chi connectivity index (χ4n) is 1.00. The second-order valence-electron chi connectivity index (χ2n) is 3.51. The summed E-state index contributed by atoms with van der Waals surface area (Å²) >= 11 is 0. The number of hydrogen-bond donors (Lipinski definition) is 1. The van der Waals surface area contributed by atoms with Crippen molar-refractivity contribution in [2.24, 2.45) is 5.92 Å². The first kappa shape index (κ1) is 10.6. The first-order chi connectivity index (χ1) is 6.59. The molecule has 0 atom stereocenters. The Bertz CT molecular complexity index is 321. The lowest BCUT2D eigenvalue weighted by Gasteiger charge is -2.07. The number of carbonyl (C=O) groups excluding carboxylic acids is 1. The smallest absolute Gasteiger partial charge is 0.308 e. The van der Waals surface area contributed by atoms with Crippen LogP contribution in [0, 0.1) is 5.92 Å². The summed E-state index contributed by atoms with van der Waals surface area (Å²) < 4.78 is 5.05. The molecule has 1 rings (SSSR count). The molecule has 0 spiro atoms. The molecule has 0 aromatic heterocycles. The normalized spacial score (nSPS) is 10.2. The van der Waals surface area contributed by atoms with Gasteiger partial charge in [-0.05, 0) is 17.7 Å². The Balaban J connectivity index is 2.50. The van der Waals surface area contributed by atoms with Crippen molar-refractivity contribution >= 4 is 11.7 Å².